The van der Waals surface area contributed by atoms with Gasteiger partial charge in [-0.05, 0) is 36.4 Å². The summed E-state index contributed by atoms with van der Waals surface area (Å²) in [6, 6.07) is 6.03. The van der Waals surface area contributed by atoms with Crippen molar-refractivity contribution >= 4 is 23.3 Å². The van der Waals surface area contributed by atoms with E-state index in [0.717, 1.165) is 25.8 Å². The second kappa shape index (κ2) is 7.31. The monoisotopic (exact) mass is 313 g/mol. The lowest BCUT2D eigenvalue weighted by Crippen LogP contribution is -2.39. The molecule has 0 aliphatic carbocycles. The normalized spacial score (nSPS) is 19.3. The van der Waals surface area contributed by atoms with E-state index in [1.165, 1.54) is 11.3 Å². The molecule has 2 aromatic heterocycles. The Morgan fingerprint density at radius 2 is 2.23 bits per heavy atom. The summed E-state index contributed by atoms with van der Waals surface area (Å²) in [6.45, 7) is 0.806. The summed E-state index contributed by atoms with van der Waals surface area (Å²) in [4.78, 5) is 16.0. The lowest BCUT2D eigenvalue weighted by Gasteiger charge is -2.27. The Morgan fingerprint density at radius 3 is 3.00 bits per heavy atom. The maximum Gasteiger partial charge on any atom is 0.256 e. The van der Waals surface area contributed by atoms with Crippen molar-refractivity contribution in [2.24, 2.45) is 0 Å². The van der Waals surface area contributed by atoms with Crippen LogP contribution in [0.15, 0.2) is 42.0 Å². The molecule has 1 fully saturated rings. The number of aromatic nitrogens is 2. The van der Waals surface area contributed by atoms with Crippen LogP contribution in [0.3, 0.4) is 0 Å². The predicted octanol–water partition coefficient (Wildman–Crippen LogP) is 3.64. The molecule has 3 rings (SSSR count). The fourth-order valence-corrected chi connectivity index (χ4v) is 3.39. The van der Waals surface area contributed by atoms with Crippen LogP contribution in [0.2, 0.25) is 0 Å². The van der Waals surface area contributed by atoms with E-state index in [2.05, 4.69) is 33.8 Å². The fourth-order valence-electron chi connectivity index (χ4n) is 2.76. The molecule has 1 aliphatic rings. The first kappa shape index (κ1) is 14.9. The summed E-state index contributed by atoms with van der Waals surface area (Å²) >= 11 is 1.71. The molecule has 1 aliphatic heterocycles. The van der Waals surface area contributed by atoms with Crippen LogP contribution in [0.4, 0.5) is 0 Å². The molecule has 114 valence electrons. The second-order valence-electron chi connectivity index (χ2n) is 5.42. The quantitative estimate of drug-likeness (QED) is 0.869. The SMILES string of the molecule is O=C(c1ccnnc1)N1CCCCCC1/C=C/c1cccs1. The number of nitrogens with zero attached hydrogens (tertiary/aromatic N) is 3. The molecule has 1 atom stereocenters. The Hall–Kier alpha value is -2.01. The Morgan fingerprint density at radius 1 is 1.27 bits per heavy atom. The Balaban J connectivity index is 1.80. The number of hydrogen-bond donors (Lipinski definition) is 0. The maximum absolute atomic E-state index is 12.8. The molecule has 1 amide bonds. The van der Waals surface area contributed by atoms with E-state index in [-0.39, 0.29) is 11.9 Å². The van der Waals surface area contributed by atoms with Gasteiger partial charge in [-0.15, -0.1) is 11.3 Å². The van der Waals surface area contributed by atoms with Gasteiger partial charge < -0.3 is 4.90 Å². The lowest BCUT2D eigenvalue weighted by atomic mass is 10.1. The van der Waals surface area contributed by atoms with Gasteiger partial charge in [-0.3, -0.25) is 4.79 Å². The molecule has 0 N–H and O–H groups in total. The fraction of sp³-hybridized carbons (Fsp3) is 0.353. The lowest BCUT2D eigenvalue weighted by molar-refractivity contribution is 0.0718. The molecule has 0 radical (unpaired) electrons. The largest absolute Gasteiger partial charge is 0.332 e. The molecular formula is C17H19N3OS. The molecule has 0 spiro atoms. The van der Waals surface area contributed by atoms with Crippen molar-refractivity contribution in [1.82, 2.24) is 15.1 Å². The highest BCUT2D eigenvalue weighted by molar-refractivity contribution is 7.10. The van der Waals surface area contributed by atoms with Crippen LogP contribution in [0.5, 0.6) is 0 Å². The Kier molecular flexibility index (Phi) is 4.96. The first-order chi connectivity index (χ1) is 10.8. The van der Waals surface area contributed by atoms with Crippen molar-refractivity contribution in [3.8, 4) is 0 Å². The van der Waals surface area contributed by atoms with E-state index < -0.39 is 0 Å². The minimum atomic E-state index is 0.0534. The van der Waals surface area contributed by atoms with E-state index in [1.54, 1.807) is 29.8 Å². The summed E-state index contributed by atoms with van der Waals surface area (Å²) in [6.07, 6.45) is 11.9. The van der Waals surface area contributed by atoms with Crippen LogP contribution in [-0.2, 0) is 0 Å². The van der Waals surface area contributed by atoms with Crippen LogP contribution in [0, 0.1) is 0 Å². The highest BCUT2D eigenvalue weighted by atomic mass is 32.1. The third-order valence-corrected chi connectivity index (χ3v) is 4.75. The van der Waals surface area contributed by atoms with Crippen molar-refractivity contribution in [3.63, 3.8) is 0 Å². The van der Waals surface area contributed by atoms with E-state index in [1.807, 2.05) is 11.0 Å². The van der Waals surface area contributed by atoms with Gasteiger partial charge in [-0.2, -0.15) is 10.2 Å². The van der Waals surface area contributed by atoms with Gasteiger partial charge >= 0.3 is 0 Å². The average Bonchev–Trinajstić information content (AvgIpc) is 2.97. The van der Waals surface area contributed by atoms with E-state index in [4.69, 9.17) is 0 Å². The number of thiophene rings is 1. The van der Waals surface area contributed by atoms with Gasteiger partial charge in [0, 0.05) is 11.4 Å². The third kappa shape index (κ3) is 3.60. The van der Waals surface area contributed by atoms with Crippen molar-refractivity contribution in [2.75, 3.05) is 6.54 Å². The van der Waals surface area contributed by atoms with Crippen molar-refractivity contribution in [3.05, 3.63) is 52.5 Å². The summed E-state index contributed by atoms with van der Waals surface area (Å²) in [5, 5.41) is 9.64. The molecule has 0 saturated carbocycles. The molecule has 1 saturated heterocycles. The first-order valence-corrected chi connectivity index (χ1v) is 8.52. The topological polar surface area (TPSA) is 46.1 Å². The smallest absolute Gasteiger partial charge is 0.256 e. The molecule has 0 bridgehead atoms. The highest BCUT2D eigenvalue weighted by Gasteiger charge is 2.24. The van der Waals surface area contributed by atoms with Gasteiger partial charge in [0.15, 0.2) is 0 Å². The molecule has 4 nitrogen and oxygen atoms in total. The summed E-state index contributed by atoms with van der Waals surface area (Å²) in [7, 11) is 0. The van der Waals surface area contributed by atoms with E-state index >= 15 is 0 Å². The molecule has 5 heteroatoms. The number of likely N-dealkylation sites (tertiary alicyclic amines) is 1. The third-order valence-electron chi connectivity index (χ3n) is 3.92. The summed E-state index contributed by atoms with van der Waals surface area (Å²) in [5.74, 6) is 0.0534. The van der Waals surface area contributed by atoms with E-state index in [9.17, 15) is 4.79 Å². The molecule has 3 heterocycles. The minimum absolute atomic E-state index is 0.0534. The zero-order valence-electron chi connectivity index (χ0n) is 12.4. The molecule has 2 aromatic rings. The number of hydrogen-bond acceptors (Lipinski definition) is 4. The van der Waals surface area contributed by atoms with Gasteiger partial charge in [0.05, 0.1) is 24.0 Å². The van der Waals surface area contributed by atoms with Crippen LogP contribution in [0.25, 0.3) is 6.08 Å². The molecule has 0 aromatic carbocycles. The van der Waals surface area contributed by atoms with Crippen LogP contribution in [0.1, 0.15) is 40.9 Å². The molecule has 1 unspecified atom stereocenters. The van der Waals surface area contributed by atoms with Gasteiger partial charge in [0.1, 0.15) is 0 Å². The van der Waals surface area contributed by atoms with Crippen LogP contribution >= 0.6 is 11.3 Å². The first-order valence-electron chi connectivity index (χ1n) is 7.64. The highest BCUT2D eigenvalue weighted by Crippen LogP contribution is 2.21. The number of amides is 1. The number of carbonyl (C=O) groups is 1. The Labute approximate surface area is 134 Å². The Bertz CT molecular complexity index is 625. The molecular weight excluding hydrogens is 294 g/mol. The van der Waals surface area contributed by atoms with Crippen molar-refractivity contribution in [2.45, 2.75) is 31.7 Å². The summed E-state index contributed by atoms with van der Waals surface area (Å²) < 4.78 is 0. The van der Waals surface area contributed by atoms with Crippen molar-refractivity contribution in [1.29, 1.82) is 0 Å². The standard InChI is InChI=1S/C17H19N3OS/c21-17(14-9-10-18-19-13-14)20-11-3-1-2-5-15(20)7-8-16-6-4-12-22-16/h4,6-10,12-13,15H,1-3,5,11H2/b8-7+. The maximum atomic E-state index is 12.8. The predicted molar refractivity (Wildman–Crippen MR) is 88.7 cm³/mol. The zero-order chi connectivity index (χ0) is 15.2. The second-order valence-corrected chi connectivity index (χ2v) is 6.40. The summed E-state index contributed by atoms with van der Waals surface area (Å²) in [5.41, 5.74) is 0.617. The van der Waals surface area contributed by atoms with Crippen LogP contribution in [-0.4, -0.2) is 33.6 Å². The average molecular weight is 313 g/mol. The van der Waals surface area contributed by atoms with Gasteiger partial charge in [0.2, 0.25) is 0 Å². The van der Waals surface area contributed by atoms with Gasteiger partial charge in [0.25, 0.3) is 5.91 Å². The van der Waals surface area contributed by atoms with E-state index in [0.29, 0.717) is 5.56 Å². The zero-order valence-corrected chi connectivity index (χ0v) is 13.2. The van der Waals surface area contributed by atoms with Gasteiger partial charge in [-0.1, -0.05) is 25.0 Å². The number of rotatable bonds is 3. The van der Waals surface area contributed by atoms with Crippen LogP contribution < -0.4 is 0 Å². The van der Waals surface area contributed by atoms with Gasteiger partial charge in [-0.25, -0.2) is 0 Å². The number of carbonyl (C=O) groups excluding carboxylic acids is 1. The van der Waals surface area contributed by atoms with Crippen molar-refractivity contribution < 1.29 is 4.79 Å². The molecule has 22 heavy (non-hydrogen) atoms. The minimum Gasteiger partial charge on any atom is -0.332 e.